The Labute approximate surface area is 85.8 Å². The number of rotatable bonds is 0. The van der Waals surface area contributed by atoms with E-state index in [0.717, 1.165) is 12.5 Å². The van der Waals surface area contributed by atoms with Crippen molar-refractivity contribution in [3.05, 3.63) is 35.9 Å². The molecule has 1 rings (SSSR count). The lowest BCUT2D eigenvalue weighted by molar-refractivity contribution is 1.48. The molecule has 0 saturated heterocycles. The van der Waals surface area contributed by atoms with Gasteiger partial charge >= 0.3 is 0 Å². The smallest absolute Gasteiger partial charge is 0.102 e. The van der Waals surface area contributed by atoms with Crippen molar-refractivity contribution < 1.29 is 1.43 Å². The van der Waals surface area contributed by atoms with E-state index >= 15 is 0 Å². The largest absolute Gasteiger partial charge is 0.344 e. The highest BCUT2D eigenvalue weighted by Gasteiger charge is 1.72. The van der Waals surface area contributed by atoms with Gasteiger partial charge in [0.05, 0.1) is 0 Å². The summed E-state index contributed by atoms with van der Waals surface area (Å²) in [4.78, 5) is 0. The highest BCUT2D eigenvalue weighted by molar-refractivity contribution is 7.79. The molecule has 0 saturated carbocycles. The monoisotopic (exact) mass is 193 g/mol. The van der Waals surface area contributed by atoms with E-state index in [-0.39, 0.29) is 22.4 Å². The minimum absolute atomic E-state index is 0. The van der Waals surface area contributed by atoms with Gasteiger partial charge in [-0.05, 0) is 13.2 Å². The summed E-state index contributed by atoms with van der Waals surface area (Å²) in [5.41, 5.74) is 1.32. The van der Waals surface area contributed by atoms with Gasteiger partial charge in [-0.25, -0.2) is 0 Å². The molecular formula is C10H25NS. The maximum atomic E-state index is 6.12. The molecule has 0 bridgehead atoms. The quantitative estimate of drug-likeness (QED) is 0.594. The fourth-order valence-electron chi connectivity index (χ4n) is 0.534. The van der Waals surface area contributed by atoms with Crippen LogP contribution in [0.1, 0.15) is 21.8 Å². The Hall–Kier alpha value is -0.470. The SMILES string of the molecule is C.C.Cc1ccccc1.N.[3H]SC.[HH]. The molecule has 12 heavy (non-hydrogen) atoms. The van der Waals surface area contributed by atoms with Crippen molar-refractivity contribution in [2.24, 2.45) is 0 Å². The van der Waals surface area contributed by atoms with Gasteiger partial charge in [0.25, 0.3) is 0 Å². The van der Waals surface area contributed by atoms with Crippen LogP contribution >= 0.6 is 12.5 Å². The highest BCUT2D eigenvalue weighted by Crippen LogP contribution is 1.92. The minimum Gasteiger partial charge on any atom is -0.344 e. The van der Waals surface area contributed by atoms with E-state index in [0.29, 0.717) is 0 Å². The topological polar surface area (TPSA) is 35.0 Å². The van der Waals surface area contributed by atoms with Crippen LogP contribution in [0.3, 0.4) is 0 Å². The summed E-state index contributed by atoms with van der Waals surface area (Å²) < 4.78 is 6.12. The van der Waals surface area contributed by atoms with Crippen molar-refractivity contribution in [3.63, 3.8) is 0 Å². The van der Waals surface area contributed by atoms with Crippen molar-refractivity contribution in [2.75, 3.05) is 6.26 Å². The zero-order chi connectivity index (χ0) is 7.82. The minimum atomic E-state index is 0. The van der Waals surface area contributed by atoms with E-state index in [1.165, 1.54) is 5.56 Å². The average Bonchev–Trinajstić information content (AvgIpc) is 1.91. The van der Waals surface area contributed by atoms with Gasteiger partial charge in [-0.3, -0.25) is 0 Å². The Morgan fingerprint density at radius 1 is 1.25 bits per heavy atom. The first-order chi connectivity index (χ1) is 4.81. The van der Waals surface area contributed by atoms with Crippen molar-refractivity contribution in [3.8, 4) is 0 Å². The third-order valence-electron chi connectivity index (χ3n) is 0.940. The zero-order valence-electron chi connectivity index (χ0n) is 7.50. The summed E-state index contributed by atoms with van der Waals surface area (Å²) in [6, 6.07) is 10.3. The van der Waals surface area contributed by atoms with Gasteiger partial charge in [0.2, 0.25) is 0 Å². The Kier molecular flexibility index (Phi) is 24.7. The molecule has 0 heterocycles. The molecular weight excluding hydrogens is 166 g/mol. The number of hydrogen-bond acceptors (Lipinski definition) is 2. The van der Waals surface area contributed by atoms with E-state index in [1.54, 1.807) is 6.26 Å². The van der Waals surface area contributed by atoms with Crippen LogP contribution in [0.15, 0.2) is 30.3 Å². The third kappa shape index (κ3) is 12.2. The first kappa shape index (κ1) is 17.6. The molecule has 3 N–H and O–H groups in total. The molecule has 0 radical (unpaired) electrons. The van der Waals surface area contributed by atoms with Crippen LogP contribution in [-0.2, 0) is 0 Å². The van der Waals surface area contributed by atoms with E-state index in [4.69, 9.17) is 1.12 Å². The molecule has 1 aromatic carbocycles. The molecule has 0 aliphatic carbocycles. The van der Waals surface area contributed by atoms with E-state index in [2.05, 4.69) is 19.1 Å². The van der Waals surface area contributed by atoms with Crippen molar-refractivity contribution in [2.45, 2.75) is 21.8 Å². The van der Waals surface area contributed by atoms with Crippen molar-refractivity contribution >= 4 is 12.5 Å². The zero-order valence-corrected chi connectivity index (χ0v) is 7.32. The van der Waals surface area contributed by atoms with Crippen LogP contribution in [0.2, 0.25) is 0 Å². The second kappa shape index (κ2) is 16.9. The number of thiol groups is 1. The molecule has 0 aliphatic heterocycles. The van der Waals surface area contributed by atoms with E-state index in [9.17, 15) is 0 Å². The molecule has 0 aromatic heterocycles. The van der Waals surface area contributed by atoms with Crippen LogP contribution < -0.4 is 6.15 Å². The first-order valence-corrected chi connectivity index (χ1v) is 3.64. The van der Waals surface area contributed by atoms with Gasteiger partial charge in [-0.2, -0.15) is 12.5 Å². The molecule has 0 spiro atoms. The van der Waals surface area contributed by atoms with Crippen LogP contribution in [0.25, 0.3) is 0 Å². The second-order valence-corrected chi connectivity index (χ2v) is 1.65. The molecule has 0 aliphatic rings. The van der Waals surface area contributed by atoms with Gasteiger partial charge in [-0.15, -0.1) is 0 Å². The van der Waals surface area contributed by atoms with Gasteiger partial charge < -0.3 is 6.15 Å². The lowest BCUT2D eigenvalue weighted by Crippen LogP contribution is -1.62. The normalized spacial score (nSPS) is 6.67. The van der Waals surface area contributed by atoms with E-state index in [1.807, 2.05) is 18.2 Å². The molecule has 76 valence electrons. The summed E-state index contributed by atoms with van der Waals surface area (Å²) in [5.74, 6) is 0. The van der Waals surface area contributed by atoms with Crippen LogP contribution in [0.5, 0.6) is 0 Å². The van der Waals surface area contributed by atoms with Crippen molar-refractivity contribution in [1.82, 2.24) is 6.15 Å². The Balaban J connectivity index is -0.0000000355. The molecule has 0 amide bonds. The molecule has 0 atom stereocenters. The van der Waals surface area contributed by atoms with Gasteiger partial charge in [0.1, 0.15) is 1.12 Å². The molecule has 1 aromatic rings. The fourth-order valence-corrected chi connectivity index (χ4v) is 0.534. The van der Waals surface area contributed by atoms with Crippen molar-refractivity contribution in [1.29, 1.82) is 1.12 Å². The highest BCUT2D eigenvalue weighted by atomic mass is 32.1. The average molecular weight is 193 g/mol. The number of hydrogen-bond donors (Lipinski definition) is 2. The lowest BCUT2D eigenvalue weighted by Gasteiger charge is -1.82. The predicted octanol–water partition coefficient (Wildman–Crippen LogP) is 4.22. The maximum Gasteiger partial charge on any atom is 0.102 e. The third-order valence-corrected chi connectivity index (χ3v) is 0.940. The predicted molar refractivity (Wildman–Crippen MR) is 66.7 cm³/mol. The van der Waals surface area contributed by atoms with Gasteiger partial charge in [0, 0.05) is 1.43 Å². The van der Waals surface area contributed by atoms with Crippen LogP contribution in [0.4, 0.5) is 0 Å². The first-order valence-electron chi connectivity index (χ1n) is 3.23. The molecule has 1 nitrogen and oxygen atoms in total. The summed E-state index contributed by atoms with van der Waals surface area (Å²) in [7, 11) is 0. The lowest BCUT2D eigenvalue weighted by atomic mass is 10.2. The Bertz CT molecular complexity index is 159. The van der Waals surface area contributed by atoms with Crippen LogP contribution in [0, 0.1) is 6.92 Å². The maximum absolute atomic E-state index is 6.12. The second-order valence-electron chi connectivity index (χ2n) is 1.65. The molecule has 0 unspecified atom stereocenters. The van der Waals surface area contributed by atoms with E-state index < -0.39 is 0 Å². The summed E-state index contributed by atoms with van der Waals surface area (Å²) in [6.07, 6.45) is 1.71. The Morgan fingerprint density at radius 2 is 1.58 bits per heavy atom. The Morgan fingerprint density at radius 3 is 1.75 bits per heavy atom. The number of aryl methyl sites for hydroxylation is 1. The fraction of sp³-hybridized carbons (Fsp3) is 0.400. The standard InChI is InChI=1S/C7H8.CH4S.2CH4.H3N.H2/c1-7-5-3-2-4-6-7;1-2;;;;/h2-6H,1H3;2H,1H3;2*1H4;1H3;1H/i/hT. The van der Waals surface area contributed by atoms with Gasteiger partial charge in [-0.1, -0.05) is 50.7 Å². The summed E-state index contributed by atoms with van der Waals surface area (Å²) in [5, 5.41) is 0. The molecule has 0 fully saturated rings. The molecule has 2 heteroatoms. The summed E-state index contributed by atoms with van der Waals surface area (Å²) in [6.45, 7) is 2.08. The van der Waals surface area contributed by atoms with Gasteiger partial charge in [0.15, 0.2) is 0 Å². The number of benzene rings is 1. The summed E-state index contributed by atoms with van der Waals surface area (Å²) >= 11 is 1.000. The van der Waals surface area contributed by atoms with Crippen LogP contribution in [-0.4, -0.2) is 7.38 Å².